The lowest BCUT2D eigenvalue weighted by atomic mass is 9.99. The molecule has 4 aromatic heterocycles. The molecule has 5 heterocycles. The van der Waals surface area contributed by atoms with Crippen molar-refractivity contribution in [2.24, 2.45) is 7.05 Å². The minimum absolute atomic E-state index is 0.218. The van der Waals surface area contributed by atoms with E-state index in [-0.39, 0.29) is 11.6 Å². The summed E-state index contributed by atoms with van der Waals surface area (Å²) in [6, 6.07) is 6.47. The van der Waals surface area contributed by atoms with Crippen molar-refractivity contribution in [1.82, 2.24) is 34.3 Å². The van der Waals surface area contributed by atoms with Gasteiger partial charge in [-0.1, -0.05) is 11.6 Å². The summed E-state index contributed by atoms with van der Waals surface area (Å²) < 4.78 is 15.6. The van der Waals surface area contributed by atoms with E-state index in [0.29, 0.717) is 29.4 Å². The van der Waals surface area contributed by atoms with Crippen molar-refractivity contribution in [2.75, 3.05) is 6.54 Å². The maximum atomic E-state index is 13.7. The number of imidazole rings is 1. The standard InChI is InChI=1S/C19H16ClFIN7O/c1-27-15(8-13(25-27)18(21)22)19(30)28-6-4-11-16(24-9-23-11)17(28)12-7-14-10(20)3-2-5-29(14)26-12/h2-3,5,7-9,17-18H,4,6H2,1H3,(H,23,24)/t17-,18?/m0/s1. The van der Waals surface area contributed by atoms with Crippen LogP contribution in [0.5, 0.6) is 0 Å². The molecule has 1 aliphatic heterocycles. The first-order valence-corrected chi connectivity index (χ1v) is 10.9. The fraction of sp³-hybridized carbons (Fsp3) is 0.263. The number of aromatic amines is 1. The van der Waals surface area contributed by atoms with E-state index >= 15 is 0 Å². The number of alkyl halides is 2. The summed E-state index contributed by atoms with van der Waals surface area (Å²) in [7, 11) is 1.64. The Bertz CT molecular complexity index is 1260. The highest BCUT2D eigenvalue weighted by molar-refractivity contribution is 14.1. The van der Waals surface area contributed by atoms with Crippen LogP contribution >= 0.6 is 34.2 Å². The minimum Gasteiger partial charge on any atom is -0.348 e. The third kappa shape index (κ3) is 3.09. The van der Waals surface area contributed by atoms with Gasteiger partial charge >= 0.3 is 0 Å². The highest BCUT2D eigenvalue weighted by Crippen LogP contribution is 2.35. The first-order chi connectivity index (χ1) is 14.4. The number of nitrogens with one attached hydrogen (secondary N) is 1. The van der Waals surface area contributed by atoms with Crippen molar-refractivity contribution in [3.8, 4) is 0 Å². The van der Waals surface area contributed by atoms with Crippen molar-refractivity contribution >= 4 is 45.6 Å². The number of nitrogens with zero attached hydrogens (tertiary/aromatic N) is 6. The normalized spacial score (nSPS) is 17.3. The molecule has 8 nitrogen and oxygen atoms in total. The maximum absolute atomic E-state index is 13.7. The molecule has 0 saturated carbocycles. The molecule has 0 aromatic carbocycles. The summed E-state index contributed by atoms with van der Waals surface area (Å²) in [5.74, 6) is -0.255. The van der Waals surface area contributed by atoms with Gasteiger partial charge in [-0.3, -0.25) is 9.48 Å². The molecule has 4 aromatic rings. The fourth-order valence-corrected chi connectivity index (χ4v) is 4.39. The van der Waals surface area contributed by atoms with Crippen LogP contribution in [0.4, 0.5) is 4.39 Å². The number of fused-ring (bicyclic) bond motifs is 2. The van der Waals surface area contributed by atoms with Gasteiger partial charge in [0.2, 0.25) is 0 Å². The average Bonchev–Trinajstić information content (AvgIpc) is 3.44. The second kappa shape index (κ2) is 7.34. The molecule has 0 radical (unpaired) electrons. The van der Waals surface area contributed by atoms with Crippen LogP contribution in [0.25, 0.3) is 5.52 Å². The second-order valence-corrected chi connectivity index (χ2v) is 8.55. The average molecular weight is 540 g/mol. The van der Waals surface area contributed by atoms with Crippen molar-refractivity contribution in [3.05, 3.63) is 70.3 Å². The van der Waals surface area contributed by atoms with E-state index in [0.717, 1.165) is 16.9 Å². The molecular weight excluding hydrogens is 524 g/mol. The fourth-order valence-electron chi connectivity index (χ4n) is 3.87. The van der Waals surface area contributed by atoms with E-state index in [2.05, 4.69) is 20.2 Å². The highest BCUT2D eigenvalue weighted by Gasteiger charge is 2.37. The van der Waals surface area contributed by atoms with Gasteiger partial charge in [-0.25, -0.2) is 13.9 Å². The molecule has 5 rings (SSSR count). The monoisotopic (exact) mass is 539 g/mol. The Kier molecular flexibility index (Phi) is 4.77. The van der Waals surface area contributed by atoms with E-state index in [9.17, 15) is 9.18 Å². The number of rotatable bonds is 3. The molecule has 1 aliphatic rings. The zero-order valence-electron chi connectivity index (χ0n) is 15.8. The smallest absolute Gasteiger partial charge is 0.273 e. The predicted octanol–water partition coefficient (Wildman–Crippen LogP) is 3.64. The summed E-state index contributed by atoms with van der Waals surface area (Å²) >= 11 is 7.96. The van der Waals surface area contributed by atoms with Gasteiger partial charge in [-0.15, -0.1) is 0 Å². The van der Waals surface area contributed by atoms with E-state index in [1.165, 1.54) is 10.7 Å². The lowest BCUT2D eigenvalue weighted by molar-refractivity contribution is 0.0675. The van der Waals surface area contributed by atoms with Gasteiger partial charge in [-0.2, -0.15) is 10.2 Å². The lowest BCUT2D eigenvalue weighted by Gasteiger charge is -2.33. The third-order valence-corrected chi connectivity index (χ3v) is 6.23. The molecule has 0 bridgehead atoms. The highest BCUT2D eigenvalue weighted by atomic mass is 127. The first-order valence-electron chi connectivity index (χ1n) is 9.23. The predicted molar refractivity (Wildman–Crippen MR) is 116 cm³/mol. The number of aryl methyl sites for hydroxylation is 1. The van der Waals surface area contributed by atoms with Gasteiger partial charge < -0.3 is 9.88 Å². The lowest BCUT2D eigenvalue weighted by Crippen LogP contribution is -2.41. The molecule has 30 heavy (non-hydrogen) atoms. The molecule has 2 atom stereocenters. The van der Waals surface area contributed by atoms with Crippen molar-refractivity contribution in [1.29, 1.82) is 0 Å². The van der Waals surface area contributed by atoms with Gasteiger partial charge in [-0.05, 0) is 46.9 Å². The number of hydrogen-bond donors (Lipinski definition) is 1. The van der Waals surface area contributed by atoms with Crippen LogP contribution in [0.1, 0.15) is 43.5 Å². The van der Waals surface area contributed by atoms with E-state index in [1.807, 2.05) is 12.1 Å². The zero-order chi connectivity index (χ0) is 21.0. The van der Waals surface area contributed by atoms with Crippen LogP contribution in [0.15, 0.2) is 36.8 Å². The van der Waals surface area contributed by atoms with E-state index < -0.39 is 10.2 Å². The Labute approximate surface area is 189 Å². The van der Waals surface area contributed by atoms with Crippen LogP contribution in [0, 0.1) is 0 Å². The summed E-state index contributed by atoms with van der Waals surface area (Å²) in [6.07, 6.45) is 4.06. The minimum atomic E-state index is -1.29. The molecule has 1 unspecified atom stereocenters. The molecular formula is C19H16ClFIN7O. The number of carbonyl (C=O) groups is 1. The molecule has 1 amide bonds. The zero-order valence-corrected chi connectivity index (χ0v) is 18.7. The number of halogens is 3. The molecule has 154 valence electrons. The van der Waals surface area contributed by atoms with Crippen molar-refractivity contribution < 1.29 is 9.18 Å². The third-order valence-electron chi connectivity index (χ3n) is 5.28. The Morgan fingerprint density at radius 3 is 2.97 bits per heavy atom. The van der Waals surface area contributed by atoms with Gasteiger partial charge in [0.15, 0.2) is 4.18 Å². The topological polar surface area (TPSA) is 84.1 Å². The molecule has 0 spiro atoms. The SMILES string of the molecule is Cn1nc(C(F)I)cc1C(=O)N1CCc2[nH]cnc2[C@@H]1c1cc2c(Cl)cccn2n1. The number of hydrogen-bond acceptors (Lipinski definition) is 4. The quantitative estimate of drug-likeness (QED) is 0.318. The van der Waals surface area contributed by atoms with Crippen LogP contribution in [-0.4, -0.2) is 46.7 Å². The summed E-state index contributed by atoms with van der Waals surface area (Å²) in [6.45, 7) is 0.462. The van der Waals surface area contributed by atoms with Gasteiger partial charge in [0, 0.05) is 31.9 Å². The number of aromatic nitrogens is 6. The summed E-state index contributed by atoms with van der Waals surface area (Å²) in [5, 5.41) is 9.36. The number of amides is 1. The molecule has 0 fully saturated rings. The summed E-state index contributed by atoms with van der Waals surface area (Å²) in [4.78, 5) is 22.8. The van der Waals surface area contributed by atoms with Crippen molar-refractivity contribution in [3.63, 3.8) is 0 Å². The maximum Gasteiger partial charge on any atom is 0.273 e. The molecule has 1 N–H and O–H groups in total. The molecule has 11 heteroatoms. The number of pyridine rings is 1. The van der Waals surface area contributed by atoms with E-state index in [1.54, 1.807) is 57.6 Å². The molecule has 0 aliphatic carbocycles. The van der Waals surface area contributed by atoms with Crippen LogP contribution in [-0.2, 0) is 13.5 Å². The van der Waals surface area contributed by atoms with Gasteiger partial charge in [0.25, 0.3) is 5.91 Å². The Hall–Kier alpha value is -2.47. The van der Waals surface area contributed by atoms with Gasteiger partial charge in [0.1, 0.15) is 17.4 Å². The second-order valence-electron chi connectivity index (χ2n) is 7.05. The van der Waals surface area contributed by atoms with Crippen LogP contribution < -0.4 is 0 Å². The van der Waals surface area contributed by atoms with E-state index in [4.69, 9.17) is 11.6 Å². The van der Waals surface area contributed by atoms with Crippen molar-refractivity contribution in [2.45, 2.75) is 16.6 Å². The first kappa shape index (κ1) is 19.5. The van der Waals surface area contributed by atoms with Crippen LogP contribution in [0.3, 0.4) is 0 Å². The number of carbonyl (C=O) groups excluding carboxylic acids is 1. The van der Waals surface area contributed by atoms with Gasteiger partial charge in [0.05, 0.1) is 28.3 Å². The Balaban J connectivity index is 1.62. The molecule has 0 saturated heterocycles. The largest absolute Gasteiger partial charge is 0.348 e. The number of H-pyrrole nitrogens is 1. The summed E-state index contributed by atoms with van der Waals surface area (Å²) in [5.41, 5.74) is 3.65. The Morgan fingerprint density at radius 1 is 1.40 bits per heavy atom. The van der Waals surface area contributed by atoms with Crippen LogP contribution in [0.2, 0.25) is 5.02 Å². The Morgan fingerprint density at radius 2 is 2.23 bits per heavy atom.